The van der Waals surface area contributed by atoms with E-state index in [1.54, 1.807) is 0 Å². The van der Waals surface area contributed by atoms with Gasteiger partial charge in [0.05, 0.1) is 12.5 Å². The second-order valence-corrected chi connectivity index (χ2v) is 6.99. The summed E-state index contributed by atoms with van der Waals surface area (Å²) in [5.74, 6) is 0.669. The van der Waals surface area contributed by atoms with Gasteiger partial charge in [-0.2, -0.15) is 0 Å². The Kier molecular flexibility index (Phi) is 5.20. The summed E-state index contributed by atoms with van der Waals surface area (Å²) in [7, 11) is 1.49. The van der Waals surface area contributed by atoms with E-state index in [-0.39, 0.29) is 16.8 Å². The van der Waals surface area contributed by atoms with Gasteiger partial charge in [0.25, 0.3) is 0 Å². The summed E-state index contributed by atoms with van der Waals surface area (Å²) in [6.45, 7) is 10.8. The number of carbonyl (C=O) groups excluding carboxylic acids is 1. The normalized spacial score (nSPS) is 18.6. The van der Waals surface area contributed by atoms with E-state index in [9.17, 15) is 4.79 Å². The molecular formula is C15H29NO2. The van der Waals surface area contributed by atoms with Crippen LogP contribution >= 0.6 is 0 Å². The smallest absolute Gasteiger partial charge is 0.313 e. The van der Waals surface area contributed by atoms with E-state index in [1.165, 1.54) is 13.5 Å². The lowest BCUT2D eigenvalue weighted by Gasteiger charge is -2.40. The molecule has 1 aliphatic carbocycles. The highest BCUT2D eigenvalue weighted by molar-refractivity contribution is 5.78. The third kappa shape index (κ3) is 3.98. The molecule has 106 valence electrons. The molecule has 1 saturated carbocycles. The summed E-state index contributed by atoms with van der Waals surface area (Å²) >= 11 is 0. The average molecular weight is 255 g/mol. The zero-order chi connectivity index (χ0) is 13.8. The van der Waals surface area contributed by atoms with Gasteiger partial charge in [0.2, 0.25) is 0 Å². The van der Waals surface area contributed by atoms with E-state index in [0.29, 0.717) is 5.92 Å². The number of rotatable bonds is 7. The first-order chi connectivity index (χ1) is 8.31. The monoisotopic (exact) mass is 255 g/mol. The Morgan fingerprint density at radius 2 is 2.00 bits per heavy atom. The van der Waals surface area contributed by atoms with Gasteiger partial charge >= 0.3 is 5.97 Å². The summed E-state index contributed by atoms with van der Waals surface area (Å²) < 4.78 is 4.93. The fourth-order valence-electron chi connectivity index (χ4n) is 3.09. The van der Waals surface area contributed by atoms with E-state index in [2.05, 4.69) is 33.0 Å². The molecule has 0 radical (unpaired) electrons. The molecule has 1 rings (SSSR count). The molecule has 0 aromatic carbocycles. The minimum absolute atomic E-state index is 0.0390. The Morgan fingerprint density at radius 3 is 2.39 bits per heavy atom. The summed E-state index contributed by atoms with van der Waals surface area (Å²) in [5.41, 5.74) is 0.0535. The van der Waals surface area contributed by atoms with Gasteiger partial charge in [-0.15, -0.1) is 0 Å². The van der Waals surface area contributed by atoms with Crippen LogP contribution in [0.15, 0.2) is 0 Å². The van der Waals surface area contributed by atoms with E-state index in [0.717, 1.165) is 32.4 Å². The van der Waals surface area contributed by atoms with Crippen LogP contribution in [0.5, 0.6) is 0 Å². The van der Waals surface area contributed by atoms with Crippen molar-refractivity contribution < 1.29 is 9.53 Å². The topological polar surface area (TPSA) is 38.3 Å². The molecule has 0 atom stereocenters. The number of ether oxygens (including phenoxy) is 1. The van der Waals surface area contributed by atoms with Crippen molar-refractivity contribution in [2.45, 2.75) is 53.4 Å². The summed E-state index contributed by atoms with van der Waals surface area (Å²) in [4.78, 5) is 11.8. The predicted molar refractivity (Wildman–Crippen MR) is 74.4 cm³/mol. The Bertz CT molecular complexity index is 280. The minimum Gasteiger partial charge on any atom is -0.469 e. The first-order valence-electron chi connectivity index (χ1n) is 7.10. The molecule has 0 bridgehead atoms. The highest BCUT2D eigenvalue weighted by atomic mass is 16.5. The van der Waals surface area contributed by atoms with Crippen LogP contribution < -0.4 is 5.32 Å². The summed E-state index contributed by atoms with van der Waals surface area (Å²) in [6, 6.07) is 0. The Labute approximate surface area is 112 Å². The van der Waals surface area contributed by atoms with Gasteiger partial charge < -0.3 is 10.1 Å². The Morgan fingerprint density at radius 1 is 1.39 bits per heavy atom. The maximum absolute atomic E-state index is 11.8. The van der Waals surface area contributed by atoms with Crippen LogP contribution in [0.1, 0.15) is 53.4 Å². The molecular weight excluding hydrogens is 226 g/mol. The average Bonchev–Trinajstić information content (AvgIpc) is 2.19. The molecule has 0 aromatic rings. The molecule has 0 amide bonds. The Balaban J connectivity index is 2.38. The van der Waals surface area contributed by atoms with Crippen LogP contribution in [0.4, 0.5) is 0 Å². The maximum Gasteiger partial charge on any atom is 0.313 e. The van der Waals surface area contributed by atoms with Crippen LogP contribution in [0.3, 0.4) is 0 Å². The van der Waals surface area contributed by atoms with Crippen molar-refractivity contribution in [2.24, 2.45) is 16.7 Å². The largest absolute Gasteiger partial charge is 0.469 e. The van der Waals surface area contributed by atoms with Crippen molar-refractivity contribution in [3.63, 3.8) is 0 Å². The third-order valence-corrected chi connectivity index (χ3v) is 3.96. The van der Waals surface area contributed by atoms with Gasteiger partial charge in [-0.25, -0.2) is 0 Å². The molecule has 0 spiro atoms. The second kappa shape index (κ2) is 6.05. The van der Waals surface area contributed by atoms with Gasteiger partial charge in [-0.1, -0.05) is 34.1 Å². The van der Waals surface area contributed by atoms with E-state index in [1.807, 2.05) is 0 Å². The SMILES string of the molecule is COC(=O)C1(CNCC(C)(C)CC(C)C)CCC1. The van der Waals surface area contributed by atoms with E-state index in [4.69, 9.17) is 4.74 Å². The molecule has 3 heteroatoms. The number of carbonyl (C=O) groups is 1. The molecule has 18 heavy (non-hydrogen) atoms. The molecule has 0 aliphatic heterocycles. The zero-order valence-corrected chi connectivity index (χ0v) is 12.6. The standard InChI is InChI=1S/C15H29NO2/c1-12(2)9-14(3,4)10-16-11-15(7-6-8-15)13(17)18-5/h12,16H,6-11H2,1-5H3. The molecule has 0 heterocycles. The lowest BCUT2D eigenvalue weighted by atomic mass is 9.68. The lowest BCUT2D eigenvalue weighted by molar-refractivity contribution is -0.158. The van der Waals surface area contributed by atoms with Gasteiger partial charge in [-0.3, -0.25) is 4.79 Å². The molecule has 1 aliphatic rings. The van der Waals surface area contributed by atoms with Gasteiger partial charge in [0, 0.05) is 13.1 Å². The Hall–Kier alpha value is -0.570. The first kappa shape index (κ1) is 15.5. The van der Waals surface area contributed by atoms with Crippen LogP contribution in [0.2, 0.25) is 0 Å². The second-order valence-electron chi connectivity index (χ2n) is 6.99. The minimum atomic E-state index is -0.233. The van der Waals surface area contributed by atoms with Crippen molar-refractivity contribution in [3.05, 3.63) is 0 Å². The van der Waals surface area contributed by atoms with Crippen LogP contribution in [0, 0.1) is 16.7 Å². The predicted octanol–water partition coefficient (Wildman–Crippen LogP) is 2.99. The van der Waals surface area contributed by atoms with E-state index >= 15 is 0 Å². The maximum atomic E-state index is 11.8. The first-order valence-corrected chi connectivity index (χ1v) is 7.10. The zero-order valence-electron chi connectivity index (χ0n) is 12.6. The van der Waals surface area contributed by atoms with Crippen molar-refractivity contribution in [1.29, 1.82) is 0 Å². The molecule has 0 saturated heterocycles. The molecule has 3 nitrogen and oxygen atoms in total. The van der Waals surface area contributed by atoms with Crippen LogP contribution in [-0.4, -0.2) is 26.2 Å². The van der Waals surface area contributed by atoms with Crippen molar-refractivity contribution in [2.75, 3.05) is 20.2 Å². The van der Waals surface area contributed by atoms with Crippen molar-refractivity contribution in [3.8, 4) is 0 Å². The van der Waals surface area contributed by atoms with Gasteiger partial charge in [-0.05, 0) is 30.6 Å². The summed E-state index contributed by atoms with van der Waals surface area (Å²) in [6.07, 6.45) is 4.28. The molecule has 0 unspecified atom stereocenters. The molecule has 1 fully saturated rings. The van der Waals surface area contributed by atoms with Crippen LogP contribution in [0.25, 0.3) is 0 Å². The highest BCUT2D eigenvalue weighted by Gasteiger charge is 2.45. The number of hydrogen-bond acceptors (Lipinski definition) is 3. The number of hydrogen-bond donors (Lipinski definition) is 1. The fraction of sp³-hybridized carbons (Fsp3) is 0.933. The van der Waals surface area contributed by atoms with Gasteiger partial charge in [0.1, 0.15) is 0 Å². The van der Waals surface area contributed by atoms with Crippen molar-refractivity contribution >= 4 is 5.97 Å². The fourth-order valence-corrected chi connectivity index (χ4v) is 3.09. The van der Waals surface area contributed by atoms with Crippen molar-refractivity contribution in [1.82, 2.24) is 5.32 Å². The lowest BCUT2D eigenvalue weighted by Crippen LogP contribution is -2.48. The van der Waals surface area contributed by atoms with E-state index < -0.39 is 0 Å². The molecule has 0 aromatic heterocycles. The van der Waals surface area contributed by atoms with Crippen LogP contribution in [-0.2, 0) is 9.53 Å². The number of esters is 1. The third-order valence-electron chi connectivity index (χ3n) is 3.96. The van der Waals surface area contributed by atoms with Gasteiger partial charge in [0.15, 0.2) is 0 Å². The molecule has 1 N–H and O–H groups in total. The highest BCUT2D eigenvalue weighted by Crippen LogP contribution is 2.41. The summed E-state index contributed by atoms with van der Waals surface area (Å²) in [5, 5.41) is 3.49. The number of methoxy groups -OCH3 is 1. The quantitative estimate of drug-likeness (QED) is 0.711. The number of nitrogens with one attached hydrogen (secondary N) is 1.